The van der Waals surface area contributed by atoms with E-state index in [2.05, 4.69) is 51.5 Å². The molecule has 0 aliphatic carbocycles. The minimum atomic E-state index is -2.61. The lowest BCUT2D eigenvalue weighted by Gasteiger charge is -2.45. The molecule has 0 spiro atoms. The van der Waals surface area contributed by atoms with Crippen LogP contribution in [0.2, 0.25) is 23.2 Å². The highest BCUT2D eigenvalue weighted by Crippen LogP contribution is 2.43. The van der Waals surface area contributed by atoms with Crippen LogP contribution < -0.4 is 4.74 Å². The molecule has 2 aliphatic rings. The van der Waals surface area contributed by atoms with Gasteiger partial charge >= 0.3 is 18.1 Å². The molecule has 0 N–H and O–H groups in total. The van der Waals surface area contributed by atoms with Crippen molar-refractivity contribution in [2.45, 2.75) is 150 Å². The molecule has 3 aromatic rings. The van der Waals surface area contributed by atoms with Crippen molar-refractivity contribution in [1.29, 1.82) is 0 Å². The van der Waals surface area contributed by atoms with Crippen molar-refractivity contribution in [1.82, 2.24) is 9.88 Å². The minimum Gasteiger partial charge on any atom is -0.457 e. The Balaban J connectivity index is 1.36. The molecular weight excluding hydrogens is 924 g/mol. The van der Waals surface area contributed by atoms with Crippen molar-refractivity contribution < 1.29 is 52.1 Å². The molecule has 0 fully saturated rings. The quantitative estimate of drug-likeness (QED) is 0.0524. The number of Topliss-reactive ketones (excluding diaryl/α,β-unsaturated/α-hetero) is 1. The highest BCUT2D eigenvalue weighted by molar-refractivity contribution is 7.18. The standard InChI is InChI=1S/C52H67ClN2O11SSi/c1-12-15-37-48(65-50(61)62-31-35-20-23-41(38(53)28-35)64-46(58)18-14-27-55-44(56)25-26-45(55)57)33(3)17-13-16-32(2)19-22-40(36-21-24-42-39(29-36)54-34(4)67-42)63-47(59)30-43(52(8,9)49(37)60)66-68(10,11)51(5,6)7/h12,19-21,23-26,28-29,33,37,40,43,48H,1,13-18,22,27,30-31H2,2-11H3/b32-19-/t33-,37+,40-,43-,48-/m0/s1. The van der Waals surface area contributed by atoms with Crippen LogP contribution in [0.3, 0.4) is 0 Å². The Bertz CT molecular complexity index is 2420. The van der Waals surface area contributed by atoms with Gasteiger partial charge in [0.15, 0.2) is 8.32 Å². The molecule has 5 atom stereocenters. The molecule has 0 saturated carbocycles. The number of halogens is 1. The number of benzene rings is 2. The van der Waals surface area contributed by atoms with Crippen LogP contribution in [0.5, 0.6) is 5.75 Å². The Morgan fingerprint density at radius 2 is 1.76 bits per heavy atom. The lowest BCUT2D eigenvalue weighted by Crippen LogP contribution is -2.53. The van der Waals surface area contributed by atoms with E-state index >= 15 is 4.79 Å². The number of aryl methyl sites for hydroxylation is 1. The molecule has 1 aromatic heterocycles. The monoisotopic (exact) mass is 990 g/mol. The number of rotatable bonds is 13. The van der Waals surface area contributed by atoms with Crippen LogP contribution in [0.15, 0.2) is 72.9 Å². The normalized spacial score (nSPS) is 23.0. The number of carbonyl (C=O) groups is 6. The lowest BCUT2D eigenvalue weighted by molar-refractivity contribution is -0.155. The minimum absolute atomic E-state index is 0.0599. The van der Waals surface area contributed by atoms with Gasteiger partial charge in [0.25, 0.3) is 11.8 Å². The molecule has 0 saturated heterocycles. The number of imide groups is 1. The van der Waals surface area contributed by atoms with Crippen molar-refractivity contribution in [3.05, 3.63) is 94.0 Å². The molecule has 2 aliphatic heterocycles. The van der Waals surface area contributed by atoms with Crippen LogP contribution >= 0.6 is 22.9 Å². The number of hydrogen-bond donors (Lipinski definition) is 0. The highest BCUT2D eigenvalue weighted by atomic mass is 35.5. The third kappa shape index (κ3) is 14.1. The molecule has 16 heteroatoms. The van der Waals surface area contributed by atoms with E-state index in [1.807, 2.05) is 39.0 Å². The summed E-state index contributed by atoms with van der Waals surface area (Å²) in [5, 5.41) is 0.790. The molecule has 5 rings (SSSR count). The van der Waals surface area contributed by atoms with E-state index in [1.54, 1.807) is 37.3 Å². The van der Waals surface area contributed by atoms with E-state index in [0.717, 1.165) is 44.1 Å². The number of cyclic esters (lactones) is 1. The van der Waals surface area contributed by atoms with Crippen molar-refractivity contribution in [3.63, 3.8) is 0 Å². The van der Waals surface area contributed by atoms with E-state index in [0.29, 0.717) is 18.4 Å². The van der Waals surface area contributed by atoms with Gasteiger partial charge < -0.3 is 23.4 Å². The number of amides is 2. The molecule has 0 radical (unpaired) electrons. The molecule has 0 bridgehead atoms. The topological polar surface area (TPSA) is 165 Å². The van der Waals surface area contributed by atoms with Gasteiger partial charge in [-0.3, -0.25) is 28.9 Å². The molecule has 3 heterocycles. The maximum atomic E-state index is 15.3. The van der Waals surface area contributed by atoms with E-state index in [-0.39, 0.29) is 66.3 Å². The highest BCUT2D eigenvalue weighted by Gasteiger charge is 2.50. The van der Waals surface area contributed by atoms with Gasteiger partial charge in [-0.2, -0.15) is 0 Å². The van der Waals surface area contributed by atoms with E-state index < -0.39 is 67.9 Å². The van der Waals surface area contributed by atoms with E-state index in [9.17, 15) is 24.0 Å². The Labute approximate surface area is 410 Å². The molecule has 368 valence electrons. The number of fused-ring (bicyclic) bond motifs is 1. The van der Waals surface area contributed by atoms with Crippen LogP contribution in [0.1, 0.15) is 122 Å². The molecule has 13 nitrogen and oxygen atoms in total. The van der Waals surface area contributed by atoms with E-state index in [4.69, 9.17) is 35.0 Å². The summed E-state index contributed by atoms with van der Waals surface area (Å²) >= 11 is 8.08. The third-order valence-corrected chi connectivity index (χ3v) is 19.0. The molecule has 68 heavy (non-hydrogen) atoms. The van der Waals surface area contributed by atoms with E-state index in [1.165, 1.54) is 24.3 Å². The smallest absolute Gasteiger partial charge is 0.457 e. The first-order chi connectivity index (χ1) is 31.9. The maximum absolute atomic E-state index is 15.3. The summed E-state index contributed by atoms with van der Waals surface area (Å²) in [6, 6.07) is 10.6. The van der Waals surface area contributed by atoms with Crippen LogP contribution in [-0.2, 0) is 49.2 Å². The summed E-state index contributed by atoms with van der Waals surface area (Å²) in [5.74, 6) is -3.27. The third-order valence-electron chi connectivity index (χ3n) is 13.3. The zero-order chi connectivity index (χ0) is 50.1. The number of hydrogen-bond acceptors (Lipinski definition) is 13. The molecule has 2 aromatic carbocycles. The number of ketones is 1. The predicted octanol–water partition coefficient (Wildman–Crippen LogP) is 11.9. The summed E-state index contributed by atoms with van der Waals surface area (Å²) in [7, 11) is -2.61. The van der Waals surface area contributed by atoms with Crippen molar-refractivity contribution in [2.75, 3.05) is 6.54 Å². The van der Waals surface area contributed by atoms with Gasteiger partial charge in [0.2, 0.25) is 0 Å². The summed E-state index contributed by atoms with van der Waals surface area (Å²) < 4.78 is 31.7. The Morgan fingerprint density at radius 1 is 1.06 bits per heavy atom. The van der Waals surface area contributed by atoms with Gasteiger partial charge in [-0.1, -0.05) is 83.0 Å². The Morgan fingerprint density at radius 3 is 2.43 bits per heavy atom. The first kappa shape index (κ1) is 54.0. The Hall–Kier alpha value is -4.96. The summed E-state index contributed by atoms with van der Waals surface area (Å²) in [6.07, 6.45) is 5.40. The molecule has 2 amide bonds. The second kappa shape index (κ2) is 23.1. The number of ether oxygens (including phenoxy) is 4. The van der Waals surface area contributed by atoms with Gasteiger partial charge in [0.1, 0.15) is 30.3 Å². The first-order valence-corrected chi connectivity index (χ1v) is 27.4. The van der Waals surface area contributed by atoms with Gasteiger partial charge in [0, 0.05) is 37.0 Å². The van der Waals surface area contributed by atoms with Crippen molar-refractivity contribution in [3.8, 4) is 5.75 Å². The lowest BCUT2D eigenvalue weighted by atomic mass is 9.71. The van der Waals surface area contributed by atoms with Crippen molar-refractivity contribution in [2.24, 2.45) is 17.3 Å². The molecular formula is C52H67ClN2O11SSi. The average Bonchev–Trinajstić information content (AvgIpc) is 3.80. The zero-order valence-electron chi connectivity index (χ0n) is 41.1. The first-order valence-electron chi connectivity index (χ1n) is 23.3. The van der Waals surface area contributed by atoms with Crippen LogP contribution in [0.25, 0.3) is 10.2 Å². The number of aromatic nitrogens is 1. The van der Waals surface area contributed by atoms with Crippen molar-refractivity contribution >= 4 is 77.2 Å². The number of esters is 2. The van der Waals surface area contributed by atoms with Gasteiger partial charge in [-0.05, 0) is 105 Å². The number of nitrogens with zero attached hydrogens (tertiary/aromatic N) is 2. The average molecular weight is 992 g/mol. The zero-order valence-corrected chi connectivity index (χ0v) is 43.7. The van der Waals surface area contributed by atoms with Crippen LogP contribution in [-0.4, -0.2) is 72.6 Å². The van der Waals surface area contributed by atoms with Gasteiger partial charge in [0.05, 0.1) is 38.7 Å². The summed E-state index contributed by atoms with van der Waals surface area (Å²) in [5.41, 5.74) is 2.01. The second-order valence-corrected chi connectivity index (χ2v) is 26.4. The molecule has 0 unspecified atom stereocenters. The number of carbonyl (C=O) groups excluding carboxylic acids is 6. The summed E-state index contributed by atoms with van der Waals surface area (Å²) in [6.45, 7) is 23.9. The van der Waals surface area contributed by atoms with Crippen LogP contribution in [0.4, 0.5) is 4.79 Å². The number of thiazole rings is 1. The fourth-order valence-electron chi connectivity index (χ4n) is 8.14. The second-order valence-electron chi connectivity index (χ2n) is 20.0. The largest absolute Gasteiger partial charge is 0.508 e. The predicted molar refractivity (Wildman–Crippen MR) is 266 cm³/mol. The maximum Gasteiger partial charge on any atom is 0.508 e. The van der Waals surface area contributed by atoms with Crippen LogP contribution in [0, 0.1) is 24.2 Å². The van der Waals surface area contributed by atoms with Gasteiger partial charge in [-0.25, -0.2) is 9.78 Å². The van der Waals surface area contributed by atoms with Gasteiger partial charge in [-0.15, -0.1) is 17.9 Å². The number of allylic oxidation sites excluding steroid dienone is 2. The fraction of sp³-hybridized carbons (Fsp3) is 0.519. The summed E-state index contributed by atoms with van der Waals surface area (Å²) in [4.78, 5) is 85.1. The Kier molecular flexibility index (Phi) is 18.3. The SMILES string of the molecule is C=CC[C@H]1C(=O)C(C)(C)[C@@H](O[Si](C)(C)C(C)(C)C)CC(=O)O[C@H](c2ccc3sc(C)nc3c2)C/C=C(/C)CCC[C@H](C)[C@@H]1OC(=O)OCc1ccc(OC(=O)CCCN2C(=O)C=CC2=O)c(Cl)c1. The fourth-order valence-corrected chi connectivity index (χ4v) is 10.6.